The Bertz CT molecular complexity index is 1060. The van der Waals surface area contributed by atoms with Crippen molar-refractivity contribution in [3.63, 3.8) is 0 Å². The van der Waals surface area contributed by atoms with E-state index in [-0.39, 0.29) is 23.6 Å². The number of aryl methyl sites for hydroxylation is 2. The highest BCUT2D eigenvalue weighted by atomic mass is 32.2. The van der Waals surface area contributed by atoms with E-state index in [9.17, 15) is 9.59 Å². The average molecular weight is 427 g/mol. The molecule has 1 atom stereocenters. The number of amides is 2. The van der Waals surface area contributed by atoms with Crippen molar-refractivity contribution in [1.82, 2.24) is 24.8 Å². The molecule has 10 heteroatoms. The zero-order valence-corrected chi connectivity index (χ0v) is 17.6. The maximum absolute atomic E-state index is 13.1. The van der Waals surface area contributed by atoms with Crippen LogP contribution in [0.15, 0.2) is 46.3 Å². The number of carbonyl (C=O) groups excluding carboxylic acids is 2. The van der Waals surface area contributed by atoms with Gasteiger partial charge in [-0.3, -0.25) is 9.59 Å². The van der Waals surface area contributed by atoms with Gasteiger partial charge in [-0.15, -0.1) is 10.2 Å². The molecule has 1 saturated heterocycles. The van der Waals surface area contributed by atoms with Crippen molar-refractivity contribution in [2.45, 2.75) is 31.0 Å². The van der Waals surface area contributed by atoms with Crippen LogP contribution in [0.3, 0.4) is 0 Å². The fourth-order valence-corrected chi connectivity index (χ4v) is 4.16. The Morgan fingerprint density at radius 2 is 2.20 bits per heavy atom. The van der Waals surface area contributed by atoms with E-state index in [1.807, 2.05) is 24.9 Å². The summed E-state index contributed by atoms with van der Waals surface area (Å²) in [5.74, 6) is 0.646. The molecule has 0 radical (unpaired) electrons. The average Bonchev–Trinajstić information content (AvgIpc) is 3.47. The quantitative estimate of drug-likeness (QED) is 0.604. The third-order valence-corrected chi connectivity index (χ3v) is 5.92. The summed E-state index contributed by atoms with van der Waals surface area (Å²) in [5.41, 5.74) is 1.90. The van der Waals surface area contributed by atoms with Crippen LogP contribution in [-0.4, -0.2) is 48.9 Å². The third kappa shape index (κ3) is 4.38. The van der Waals surface area contributed by atoms with Gasteiger partial charge in [-0.25, -0.2) is 0 Å². The van der Waals surface area contributed by atoms with Crippen LogP contribution in [0.25, 0.3) is 0 Å². The molecule has 0 saturated carbocycles. The van der Waals surface area contributed by atoms with Crippen molar-refractivity contribution >= 4 is 29.3 Å². The molecule has 2 aromatic heterocycles. The van der Waals surface area contributed by atoms with Crippen LogP contribution in [0, 0.1) is 6.92 Å². The van der Waals surface area contributed by atoms with E-state index in [4.69, 9.17) is 4.52 Å². The molecule has 30 heavy (non-hydrogen) atoms. The first-order valence-corrected chi connectivity index (χ1v) is 10.6. The minimum absolute atomic E-state index is 0.0869. The summed E-state index contributed by atoms with van der Waals surface area (Å²) in [4.78, 5) is 27.2. The lowest BCUT2D eigenvalue weighted by molar-refractivity contribution is -0.113. The Morgan fingerprint density at radius 3 is 2.93 bits per heavy atom. The third-order valence-electron chi connectivity index (χ3n) is 4.88. The molecule has 1 unspecified atom stereocenters. The van der Waals surface area contributed by atoms with Crippen molar-refractivity contribution in [2.24, 2.45) is 7.05 Å². The molecule has 0 spiro atoms. The molecule has 1 aliphatic rings. The number of thioether (sulfide) groups is 1. The van der Waals surface area contributed by atoms with E-state index in [1.165, 1.54) is 11.8 Å². The number of carbonyl (C=O) groups is 2. The Labute approximate surface area is 177 Å². The predicted molar refractivity (Wildman–Crippen MR) is 111 cm³/mol. The standard InChI is InChI=1S/C20H22N6O3S/c1-13-9-17(29-24-13)16-7-4-8-26(16)19(28)14-5-3-6-15(10-14)22-18(27)11-30-20-23-21-12-25(20)2/h3,5-6,9-10,12,16H,4,7-8,11H2,1-2H3,(H,22,27). The Kier molecular flexibility index (Phi) is 5.84. The number of hydrogen-bond acceptors (Lipinski definition) is 7. The molecule has 1 aliphatic heterocycles. The number of aromatic nitrogens is 4. The summed E-state index contributed by atoms with van der Waals surface area (Å²) in [7, 11) is 1.82. The minimum atomic E-state index is -0.177. The molecule has 4 rings (SSSR count). The van der Waals surface area contributed by atoms with Gasteiger partial charge in [-0.2, -0.15) is 0 Å². The first-order valence-electron chi connectivity index (χ1n) is 9.62. The van der Waals surface area contributed by atoms with Crippen molar-refractivity contribution in [1.29, 1.82) is 0 Å². The first-order chi connectivity index (χ1) is 14.5. The second kappa shape index (κ2) is 8.70. The molecule has 1 N–H and O–H groups in total. The molecular formula is C20H22N6O3S. The molecule has 9 nitrogen and oxygen atoms in total. The normalized spacial score (nSPS) is 16.1. The van der Waals surface area contributed by atoms with Crippen LogP contribution >= 0.6 is 11.8 Å². The van der Waals surface area contributed by atoms with Gasteiger partial charge in [0.2, 0.25) is 5.91 Å². The summed E-state index contributed by atoms with van der Waals surface area (Å²) >= 11 is 1.30. The van der Waals surface area contributed by atoms with E-state index >= 15 is 0 Å². The van der Waals surface area contributed by atoms with E-state index in [0.29, 0.717) is 28.7 Å². The molecular weight excluding hydrogens is 404 g/mol. The lowest BCUT2D eigenvalue weighted by atomic mass is 10.1. The van der Waals surface area contributed by atoms with Gasteiger partial charge in [0.25, 0.3) is 5.91 Å². The van der Waals surface area contributed by atoms with Gasteiger partial charge in [0.05, 0.1) is 17.5 Å². The summed E-state index contributed by atoms with van der Waals surface area (Å²) < 4.78 is 7.14. The minimum Gasteiger partial charge on any atom is -0.359 e. The fraction of sp³-hybridized carbons (Fsp3) is 0.350. The van der Waals surface area contributed by atoms with Gasteiger partial charge < -0.3 is 19.3 Å². The molecule has 156 valence electrons. The van der Waals surface area contributed by atoms with Crippen LogP contribution in [0.5, 0.6) is 0 Å². The van der Waals surface area contributed by atoms with Crippen molar-refractivity contribution in [3.8, 4) is 0 Å². The highest BCUT2D eigenvalue weighted by molar-refractivity contribution is 7.99. The van der Waals surface area contributed by atoms with E-state index < -0.39 is 0 Å². The largest absolute Gasteiger partial charge is 0.359 e. The van der Waals surface area contributed by atoms with Gasteiger partial charge in [0.15, 0.2) is 10.9 Å². The highest BCUT2D eigenvalue weighted by Gasteiger charge is 2.33. The molecule has 1 fully saturated rings. The number of benzene rings is 1. The molecule has 0 bridgehead atoms. The number of anilines is 1. The van der Waals surface area contributed by atoms with E-state index in [1.54, 1.807) is 35.2 Å². The number of hydrogen-bond donors (Lipinski definition) is 1. The fourth-order valence-electron chi connectivity index (χ4n) is 3.47. The first kappa shape index (κ1) is 20.1. The number of nitrogens with one attached hydrogen (secondary N) is 1. The van der Waals surface area contributed by atoms with Crippen LogP contribution < -0.4 is 5.32 Å². The van der Waals surface area contributed by atoms with Gasteiger partial charge in [-0.05, 0) is 38.0 Å². The zero-order valence-electron chi connectivity index (χ0n) is 16.7. The van der Waals surface area contributed by atoms with Crippen molar-refractivity contribution in [3.05, 3.63) is 53.7 Å². The summed E-state index contributed by atoms with van der Waals surface area (Å²) in [6.07, 6.45) is 3.34. The molecule has 0 aliphatic carbocycles. The van der Waals surface area contributed by atoms with Gasteiger partial charge in [0.1, 0.15) is 6.33 Å². The SMILES string of the molecule is Cc1cc(C2CCCN2C(=O)c2cccc(NC(=O)CSc3nncn3C)c2)on1. The Hall–Kier alpha value is -3.14. The Balaban J connectivity index is 1.41. The number of rotatable bonds is 6. The molecule has 3 heterocycles. The lowest BCUT2D eigenvalue weighted by Crippen LogP contribution is -2.30. The van der Waals surface area contributed by atoms with Gasteiger partial charge in [-0.1, -0.05) is 23.0 Å². The van der Waals surface area contributed by atoms with Crippen LogP contribution in [-0.2, 0) is 11.8 Å². The maximum Gasteiger partial charge on any atom is 0.254 e. The summed E-state index contributed by atoms with van der Waals surface area (Å²) in [6, 6.07) is 8.76. The maximum atomic E-state index is 13.1. The lowest BCUT2D eigenvalue weighted by Gasteiger charge is -2.23. The molecule has 2 amide bonds. The molecule has 1 aromatic carbocycles. The van der Waals surface area contributed by atoms with Gasteiger partial charge in [0, 0.05) is 30.9 Å². The van der Waals surface area contributed by atoms with Crippen molar-refractivity contribution < 1.29 is 14.1 Å². The van der Waals surface area contributed by atoms with Crippen LogP contribution in [0.1, 0.15) is 40.7 Å². The monoisotopic (exact) mass is 426 g/mol. The second-order valence-corrected chi connectivity index (χ2v) is 8.11. The van der Waals surface area contributed by atoms with Crippen LogP contribution in [0.4, 0.5) is 5.69 Å². The number of nitrogens with zero attached hydrogens (tertiary/aromatic N) is 5. The highest BCUT2D eigenvalue weighted by Crippen LogP contribution is 2.33. The predicted octanol–water partition coefficient (Wildman–Crippen LogP) is 2.82. The zero-order chi connectivity index (χ0) is 21.1. The molecule has 3 aromatic rings. The Morgan fingerprint density at radius 1 is 1.33 bits per heavy atom. The topological polar surface area (TPSA) is 106 Å². The van der Waals surface area contributed by atoms with Gasteiger partial charge >= 0.3 is 0 Å². The smallest absolute Gasteiger partial charge is 0.254 e. The van der Waals surface area contributed by atoms with Crippen molar-refractivity contribution in [2.75, 3.05) is 17.6 Å². The summed E-state index contributed by atoms with van der Waals surface area (Å²) in [6.45, 7) is 2.52. The van der Waals surface area contributed by atoms with E-state index in [2.05, 4.69) is 20.7 Å². The second-order valence-electron chi connectivity index (χ2n) is 7.17. The van der Waals surface area contributed by atoms with E-state index in [0.717, 1.165) is 18.5 Å². The summed E-state index contributed by atoms with van der Waals surface area (Å²) in [5, 5.41) is 15.2. The van der Waals surface area contributed by atoms with Crippen LogP contribution in [0.2, 0.25) is 0 Å². The number of likely N-dealkylation sites (tertiary alicyclic amines) is 1.